The standard InChI is InChI=1S/C40H34O10.C15H12O5.C10H14O2.C4H8O/c1-6-36(41)47-23-45-31-14-12-25-18-29(10-8-27(25)20-31)38(43)49-33-16-17-35(34(22-33)40(3,4)5)50-39(44)30-11-9-28-21-32(15-13-26(28)19-30)46-24-48-37(42)7-2;1-2-14(16)20-9-19-13-6-5-10-7-12(15(17)18)4-3-11(10)8-13;1-10(2,3)8-6-7(11)4-5-9(8)12;1-2-4-5-3-1/h6-22H,1-2,23-24H2,3-5H3;2-8H,1,9H2,(H,17,18);4-6,11-12H,1-3H3;1-4H2. The number of aromatic hydroxyl groups is 2. The molecule has 0 atom stereocenters. The second kappa shape index (κ2) is 30.9. The molecule has 0 radical (unpaired) electrons. The zero-order chi connectivity index (χ0) is 63.3. The zero-order valence-corrected chi connectivity index (χ0v) is 49.1. The minimum Gasteiger partial charge on any atom is -0.508 e. The lowest BCUT2D eigenvalue weighted by Gasteiger charge is -2.23. The fourth-order valence-electron chi connectivity index (χ4n) is 8.18. The van der Waals surface area contributed by atoms with E-state index in [9.17, 15) is 39.0 Å². The quantitative estimate of drug-likeness (QED) is 0.0191. The molecule has 87 heavy (non-hydrogen) atoms. The summed E-state index contributed by atoms with van der Waals surface area (Å²) < 4.78 is 47.1. The van der Waals surface area contributed by atoms with Crippen molar-refractivity contribution in [2.75, 3.05) is 33.6 Å². The number of hydrogen-bond donors (Lipinski definition) is 3. The van der Waals surface area contributed by atoms with E-state index in [1.165, 1.54) is 31.0 Å². The number of phenols is 2. The Hall–Kier alpha value is -10.5. The van der Waals surface area contributed by atoms with Crippen LogP contribution >= 0.6 is 0 Å². The first-order chi connectivity index (χ1) is 41.4. The van der Waals surface area contributed by atoms with E-state index in [0.29, 0.717) is 45.4 Å². The number of hydrogen-bond acceptors (Lipinski definition) is 17. The average molecular weight is 1190 g/mol. The molecule has 9 rings (SSSR count). The van der Waals surface area contributed by atoms with Crippen LogP contribution in [0.15, 0.2) is 184 Å². The molecule has 0 spiro atoms. The molecule has 8 aromatic rings. The van der Waals surface area contributed by atoms with Gasteiger partial charge in [-0.2, -0.15) is 0 Å². The Morgan fingerprint density at radius 2 is 0.828 bits per heavy atom. The third-order valence-electron chi connectivity index (χ3n) is 12.7. The number of carbonyl (C=O) groups is 6. The van der Waals surface area contributed by atoms with E-state index in [2.05, 4.69) is 19.7 Å². The van der Waals surface area contributed by atoms with Gasteiger partial charge in [0.2, 0.25) is 20.4 Å². The predicted octanol–water partition coefficient (Wildman–Crippen LogP) is 13.7. The fourth-order valence-corrected chi connectivity index (χ4v) is 8.18. The van der Waals surface area contributed by atoms with Gasteiger partial charge in [0.15, 0.2) is 0 Å². The smallest absolute Gasteiger partial charge is 0.343 e. The van der Waals surface area contributed by atoms with Crippen molar-refractivity contribution in [3.8, 4) is 40.2 Å². The molecule has 0 aliphatic carbocycles. The summed E-state index contributed by atoms with van der Waals surface area (Å²) in [6.45, 7) is 23.1. The van der Waals surface area contributed by atoms with Crippen LogP contribution in [0.1, 0.15) is 96.6 Å². The van der Waals surface area contributed by atoms with Crippen LogP contribution in [-0.2, 0) is 44.2 Å². The molecule has 1 aliphatic heterocycles. The van der Waals surface area contributed by atoms with Crippen LogP contribution < -0.4 is 23.7 Å². The van der Waals surface area contributed by atoms with Crippen LogP contribution in [0.25, 0.3) is 32.3 Å². The lowest BCUT2D eigenvalue weighted by atomic mass is 9.86. The van der Waals surface area contributed by atoms with Gasteiger partial charge in [0, 0.05) is 42.6 Å². The molecule has 1 aliphatic rings. The van der Waals surface area contributed by atoms with Gasteiger partial charge in [-0.15, -0.1) is 0 Å². The van der Waals surface area contributed by atoms with E-state index >= 15 is 0 Å². The minimum atomic E-state index is -0.969. The second-order valence-corrected chi connectivity index (χ2v) is 21.2. The Morgan fingerprint density at radius 1 is 0.448 bits per heavy atom. The number of aromatic carboxylic acids is 1. The van der Waals surface area contributed by atoms with Crippen molar-refractivity contribution in [1.82, 2.24) is 0 Å². The van der Waals surface area contributed by atoms with Crippen molar-refractivity contribution in [2.45, 2.75) is 65.2 Å². The Morgan fingerprint density at radius 3 is 1.21 bits per heavy atom. The number of ether oxygens (including phenoxy) is 9. The lowest BCUT2D eigenvalue weighted by molar-refractivity contribution is -0.145. The van der Waals surface area contributed by atoms with Gasteiger partial charge in [0.1, 0.15) is 40.2 Å². The SMILES string of the molecule is C1CCOC1.C=CC(=O)OCOc1ccc2cc(C(=O)O)ccc2c1.C=CC(=O)OCOc1ccc2cc(C(=O)Oc3ccc(OC(=O)c4ccc5cc(OCOC(=O)C=C)ccc5c4)c(C(C)(C)C)c3)ccc2c1.CC(C)(C)c1cc(O)ccc1O. The second-order valence-electron chi connectivity index (χ2n) is 21.2. The first-order valence-electron chi connectivity index (χ1n) is 27.2. The van der Waals surface area contributed by atoms with Gasteiger partial charge >= 0.3 is 35.8 Å². The van der Waals surface area contributed by atoms with Crippen molar-refractivity contribution < 1.29 is 86.7 Å². The molecule has 0 aromatic heterocycles. The summed E-state index contributed by atoms with van der Waals surface area (Å²) in [7, 11) is 0. The number of carbonyl (C=O) groups excluding carboxylic acids is 5. The molecule has 452 valence electrons. The molecule has 0 bridgehead atoms. The van der Waals surface area contributed by atoms with Crippen LogP contribution in [-0.4, -0.2) is 84.7 Å². The average Bonchev–Trinajstić information content (AvgIpc) is 2.38. The van der Waals surface area contributed by atoms with Crippen LogP contribution in [0.4, 0.5) is 0 Å². The summed E-state index contributed by atoms with van der Waals surface area (Å²) in [4.78, 5) is 70.6. The van der Waals surface area contributed by atoms with Crippen LogP contribution in [0.5, 0.6) is 40.2 Å². The van der Waals surface area contributed by atoms with Crippen molar-refractivity contribution in [3.63, 3.8) is 0 Å². The number of benzene rings is 8. The highest BCUT2D eigenvalue weighted by atomic mass is 16.7. The van der Waals surface area contributed by atoms with Crippen molar-refractivity contribution in [1.29, 1.82) is 0 Å². The van der Waals surface area contributed by atoms with E-state index in [0.717, 1.165) is 69.3 Å². The van der Waals surface area contributed by atoms with Gasteiger partial charge < -0.3 is 58.0 Å². The molecular weight excluding hydrogens is 1120 g/mol. The summed E-state index contributed by atoms with van der Waals surface area (Å²) in [5, 5.41) is 32.4. The lowest BCUT2D eigenvalue weighted by Crippen LogP contribution is -2.17. The topological polar surface area (TPSA) is 246 Å². The molecule has 8 aromatic carbocycles. The van der Waals surface area contributed by atoms with Gasteiger partial charge in [-0.25, -0.2) is 28.8 Å². The summed E-state index contributed by atoms with van der Waals surface area (Å²) in [6.07, 6.45) is 5.71. The molecule has 0 saturated carbocycles. The van der Waals surface area contributed by atoms with Gasteiger partial charge in [-0.1, -0.05) is 97.7 Å². The Bertz CT molecular complexity index is 3800. The highest BCUT2D eigenvalue weighted by molar-refractivity contribution is 5.98. The Balaban J connectivity index is 0.000000262. The predicted molar refractivity (Wildman–Crippen MR) is 328 cm³/mol. The summed E-state index contributed by atoms with van der Waals surface area (Å²) in [6, 6.07) is 40.2. The van der Waals surface area contributed by atoms with E-state index < -0.39 is 41.2 Å². The monoisotopic (exact) mass is 1180 g/mol. The molecule has 18 heteroatoms. The molecular formula is C69H68O18. The molecule has 18 nitrogen and oxygen atoms in total. The van der Waals surface area contributed by atoms with Crippen LogP contribution in [0.2, 0.25) is 0 Å². The maximum Gasteiger partial charge on any atom is 0.343 e. The maximum absolute atomic E-state index is 13.3. The normalized spacial score (nSPS) is 11.6. The van der Waals surface area contributed by atoms with Crippen molar-refractivity contribution in [2.24, 2.45) is 0 Å². The Kier molecular flexibility index (Phi) is 23.3. The summed E-state index contributed by atoms with van der Waals surface area (Å²) in [5.74, 6) is -1.25. The van der Waals surface area contributed by atoms with Gasteiger partial charge in [0.25, 0.3) is 0 Å². The van der Waals surface area contributed by atoms with E-state index in [1.807, 2.05) is 41.5 Å². The van der Waals surface area contributed by atoms with E-state index in [4.69, 9.17) is 47.7 Å². The third-order valence-corrected chi connectivity index (χ3v) is 12.7. The van der Waals surface area contributed by atoms with E-state index in [1.54, 1.807) is 127 Å². The fraction of sp³-hybridized carbons (Fsp3) is 0.217. The third kappa shape index (κ3) is 20.1. The summed E-state index contributed by atoms with van der Waals surface area (Å²) in [5.41, 5.74) is 1.74. The van der Waals surface area contributed by atoms with Crippen LogP contribution in [0, 0.1) is 0 Å². The number of carboxylic acid groups (broad SMARTS) is 1. The van der Waals surface area contributed by atoms with Gasteiger partial charge in [-0.05, 0) is 165 Å². The number of rotatable bonds is 17. The van der Waals surface area contributed by atoms with E-state index in [-0.39, 0.29) is 42.9 Å². The van der Waals surface area contributed by atoms with Gasteiger partial charge in [0.05, 0.1) is 16.7 Å². The van der Waals surface area contributed by atoms with Crippen molar-refractivity contribution in [3.05, 3.63) is 211 Å². The summed E-state index contributed by atoms with van der Waals surface area (Å²) >= 11 is 0. The first-order valence-corrected chi connectivity index (χ1v) is 27.2. The number of phenolic OH excluding ortho intramolecular Hbond substituents is 2. The number of fused-ring (bicyclic) bond motifs is 3. The maximum atomic E-state index is 13.3. The number of esters is 5. The molecule has 0 unspecified atom stereocenters. The molecule has 1 fully saturated rings. The highest BCUT2D eigenvalue weighted by Gasteiger charge is 2.24. The minimum absolute atomic E-state index is 0.136. The number of carboxylic acids is 1. The van der Waals surface area contributed by atoms with Crippen LogP contribution in [0.3, 0.4) is 0 Å². The first kappa shape index (κ1) is 65.7. The highest BCUT2D eigenvalue weighted by Crippen LogP contribution is 2.36. The zero-order valence-electron chi connectivity index (χ0n) is 49.1. The molecule has 3 N–H and O–H groups in total. The molecule has 1 heterocycles. The van der Waals surface area contributed by atoms with Crippen molar-refractivity contribution >= 4 is 68.1 Å². The van der Waals surface area contributed by atoms with Gasteiger partial charge in [-0.3, -0.25) is 0 Å². The molecule has 0 amide bonds. The molecule has 1 saturated heterocycles. The Labute approximate surface area is 503 Å². The largest absolute Gasteiger partial charge is 0.508 e.